The maximum absolute atomic E-state index is 5.97. The van der Waals surface area contributed by atoms with Gasteiger partial charge in [0.15, 0.2) is 0 Å². The van der Waals surface area contributed by atoms with Crippen molar-refractivity contribution < 1.29 is 4.52 Å². The molecular weight excluding hydrogens is 285 g/mol. The Labute approximate surface area is 121 Å². The Kier molecular flexibility index (Phi) is 4.80. The third-order valence-electron chi connectivity index (χ3n) is 2.89. The van der Waals surface area contributed by atoms with E-state index in [1.165, 1.54) is 0 Å². The zero-order valence-corrected chi connectivity index (χ0v) is 12.1. The smallest absolute Gasteiger partial charge is 0.231 e. The highest BCUT2D eigenvalue weighted by molar-refractivity contribution is 6.42. The fraction of sp³-hybridized carbons (Fsp3) is 0.385. The van der Waals surface area contributed by atoms with Gasteiger partial charge in [0.25, 0.3) is 0 Å². The lowest BCUT2D eigenvalue weighted by atomic mass is 10.0. The third-order valence-corrected chi connectivity index (χ3v) is 3.63. The van der Waals surface area contributed by atoms with Gasteiger partial charge < -0.3 is 10.3 Å². The molecule has 1 unspecified atom stereocenters. The summed E-state index contributed by atoms with van der Waals surface area (Å²) in [6, 6.07) is 5.23. The highest BCUT2D eigenvalue weighted by Crippen LogP contribution is 2.28. The predicted molar refractivity (Wildman–Crippen MR) is 76.5 cm³/mol. The number of nitrogens with zero attached hydrogens (tertiary/aromatic N) is 2. The van der Waals surface area contributed by atoms with Gasteiger partial charge >= 0.3 is 0 Å². The molecule has 1 atom stereocenters. The highest BCUT2D eigenvalue weighted by Gasteiger charge is 2.17. The van der Waals surface area contributed by atoms with E-state index in [2.05, 4.69) is 17.1 Å². The fourth-order valence-corrected chi connectivity index (χ4v) is 2.14. The maximum Gasteiger partial charge on any atom is 0.231 e. The molecule has 1 aromatic carbocycles. The molecule has 0 radical (unpaired) electrons. The summed E-state index contributed by atoms with van der Waals surface area (Å²) >= 11 is 11.8. The minimum atomic E-state index is 0.106. The van der Waals surface area contributed by atoms with Crippen LogP contribution in [0.2, 0.25) is 10.0 Å². The van der Waals surface area contributed by atoms with Crippen LogP contribution >= 0.6 is 23.2 Å². The Bertz CT molecular complexity index is 557. The number of hydrogen-bond acceptors (Lipinski definition) is 4. The Balaban J connectivity index is 2.27. The third kappa shape index (κ3) is 3.26. The monoisotopic (exact) mass is 299 g/mol. The molecule has 4 nitrogen and oxygen atoms in total. The predicted octanol–water partition coefficient (Wildman–Crippen LogP) is 3.89. The van der Waals surface area contributed by atoms with Gasteiger partial charge in [-0.05, 0) is 24.6 Å². The first-order valence-corrected chi connectivity index (χ1v) is 6.90. The summed E-state index contributed by atoms with van der Waals surface area (Å²) in [5.41, 5.74) is 6.49. The van der Waals surface area contributed by atoms with Crippen LogP contribution in [0.3, 0.4) is 0 Å². The Morgan fingerprint density at radius 1 is 1.32 bits per heavy atom. The van der Waals surface area contributed by atoms with Crippen molar-refractivity contribution in [3.63, 3.8) is 0 Å². The molecule has 2 aromatic rings. The first kappa shape index (κ1) is 14.3. The van der Waals surface area contributed by atoms with Crippen molar-refractivity contribution in [2.45, 2.75) is 25.7 Å². The molecule has 0 fully saturated rings. The quantitative estimate of drug-likeness (QED) is 0.910. The summed E-state index contributed by atoms with van der Waals surface area (Å²) < 4.78 is 5.28. The van der Waals surface area contributed by atoms with Crippen LogP contribution < -0.4 is 5.73 Å². The van der Waals surface area contributed by atoms with E-state index in [4.69, 9.17) is 33.5 Å². The lowest BCUT2D eigenvalue weighted by Crippen LogP contribution is -2.12. The van der Waals surface area contributed by atoms with Crippen molar-refractivity contribution in [2.75, 3.05) is 6.54 Å². The van der Waals surface area contributed by atoms with Gasteiger partial charge in [-0.25, -0.2) is 0 Å². The minimum Gasteiger partial charge on any atom is -0.339 e. The second kappa shape index (κ2) is 6.37. The molecule has 0 aliphatic carbocycles. The Morgan fingerprint density at radius 3 is 2.74 bits per heavy atom. The molecule has 0 bridgehead atoms. The van der Waals surface area contributed by atoms with Crippen LogP contribution in [0.5, 0.6) is 0 Å². The van der Waals surface area contributed by atoms with Crippen LogP contribution in [0.15, 0.2) is 22.7 Å². The SMILES string of the molecule is CCCC(CN)c1nc(-c2ccc(Cl)c(Cl)c2)no1. The molecule has 6 heteroatoms. The lowest BCUT2D eigenvalue weighted by molar-refractivity contribution is 0.347. The summed E-state index contributed by atoms with van der Waals surface area (Å²) in [5, 5.41) is 4.93. The number of halogens is 2. The number of hydrogen-bond donors (Lipinski definition) is 1. The van der Waals surface area contributed by atoms with E-state index in [1.54, 1.807) is 18.2 Å². The van der Waals surface area contributed by atoms with Crippen molar-refractivity contribution in [2.24, 2.45) is 5.73 Å². The van der Waals surface area contributed by atoms with Crippen LogP contribution in [0.25, 0.3) is 11.4 Å². The molecule has 0 saturated heterocycles. The summed E-state index contributed by atoms with van der Waals surface area (Å²) in [5.74, 6) is 1.18. The molecule has 0 amide bonds. The fourth-order valence-electron chi connectivity index (χ4n) is 1.84. The molecule has 0 aliphatic rings. The Hall–Kier alpha value is -1.10. The van der Waals surface area contributed by atoms with E-state index in [-0.39, 0.29) is 5.92 Å². The number of aromatic nitrogens is 2. The van der Waals surface area contributed by atoms with Crippen molar-refractivity contribution in [1.29, 1.82) is 0 Å². The van der Waals surface area contributed by atoms with Crippen molar-refractivity contribution in [3.8, 4) is 11.4 Å². The van der Waals surface area contributed by atoms with Crippen LogP contribution in [0.1, 0.15) is 31.6 Å². The minimum absolute atomic E-state index is 0.106. The number of rotatable bonds is 5. The standard InChI is InChI=1S/C13H15Cl2N3O/c1-2-3-9(7-16)13-17-12(18-19-13)8-4-5-10(14)11(15)6-8/h4-6,9H,2-3,7,16H2,1H3. The molecular formula is C13H15Cl2N3O. The summed E-state index contributed by atoms with van der Waals surface area (Å²) in [7, 11) is 0. The molecule has 1 aromatic heterocycles. The molecule has 0 saturated carbocycles. The summed E-state index contributed by atoms with van der Waals surface area (Å²) in [6.07, 6.45) is 1.95. The zero-order chi connectivity index (χ0) is 13.8. The first-order chi connectivity index (χ1) is 9.15. The molecule has 0 aliphatic heterocycles. The second-order valence-electron chi connectivity index (χ2n) is 4.31. The van der Waals surface area contributed by atoms with Gasteiger partial charge in [-0.3, -0.25) is 0 Å². The van der Waals surface area contributed by atoms with E-state index in [0.29, 0.717) is 28.3 Å². The van der Waals surface area contributed by atoms with Gasteiger partial charge in [0.1, 0.15) is 0 Å². The molecule has 2 N–H and O–H groups in total. The van der Waals surface area contributed by atoms with Gasteiger partial charge in [0.2, 0.25) is 11.7 Å². The van der Waals surface area contributed by atoms with Gasteiger partial charge in [-0.1, -0.05) is 41.7 Å². The zero-order valence-electron chi connectivity index (χ0n) is 10.6. The van der Waals surface area contributed by atoms with Crippen LogP contribution in [-0.4, -0.2) is 16.7 Å². The highest BCUT2D eigenvalue weighted by atomic mass is 35.5. The average Bonchev–Trinajstić information content (AvgIpc) is 2.88. The van der Waals surface area contributed by atoms with Gasteiger partial charge in [0, 0.05) is 12.1 Å². The second-order valence-corrected chi connectivity index (χ2v) is 5.12. The van der Waals surface area contributed by atoms with E-state index < -0.39 is 0 Å². The van der Waals surface area contributed by atoms with E-state index in [9.17, 15) is 0 Å². The lowest BCUT2D eigenvalue weighted by Gasteiger charge is -2.06. The summed E-state index contributed by atoms with van der Waals surface area (Å²) in [6.45, 7) is 2.59. The maximum atomic E-state index is 5.97. The average molecular weight is 300 g/mol. The van der Waals surface area contributed by atoms with Gasteiger partial charge in [0.05, 0.1) is 16.0 Å². The molecule has 19 heavy (non-hydrogen) atoms. The molecule has 1 heterocycles. The summed E-state index contributed by atoms with van der Waals surface area (Å²) in [4.78, 5) is 4.38. The van der Waals surface area contributed by atoms with Crippen LogP contribution in [0, 0.1) is 0 Å². The first-order valence-electron chi connectivity index (χ1n) is 6.14. The normalized spacial score (nSPS) is 12.6. The van der Waals surface area contributed by atoms with Crippen LogP contribution in [0.4, 0.5) is 0 Å². The number of benzene rings is 1. The van der Waals surface area contributed by atoms with Gasteiger partial charge in [-0.15, -0.1) is 0 Å². The largest absolute Gasteiger partial charge is 0.339 e. The van der Waals surface area contributed by atoms with E-state index in [1.807, 2.05) is 0 Å². The van der Waals surface area contributed by atoms with Crippen molar-refractivity contribution >= 4 is 23.2 Å². The van der Waals surface area contributed by atoms with Crippen molar-refractivity contribution in [1.82, 2.24) is 10.1 Å². The molecule has 0 spiro atoms. The van der Waals surface area contributed by atoms with Crippen molar-refractivity contribution in [3.05, 3.63) is 34.1 Å². The van der Waals surface area contributed by atoms with E-state index in [0.717, 1.165) is 18.4 Å². The molecule has 102 valence electrons. The molecule has 2 rings (SSSR count). The Morgan fingerprint density at radius 2 is 2.11 bits per heavy atom. The number of nitrogens with two attached hydrogens (primary N) is 1. The topological polar surface area (TPSA) is 64.9 Å². The van der Waals surface area contributed by atoms with Gasteiger partial charge in [-0.2, -0.15) is 4.98 Å². The van der Waals surface area contributed by atoms with E-state index >= 15 is 0 Å². The van der Waals surface area contributed by atoms with Crippen LogP contribution in [-0.2, 0) is 0 Å².